The fraction of sp³-hybridized carbons (Fsp3) is 0.778. The molecule has 5 heteroatoms. The number of hydrogen-bond donors (Lipinski definition) is 3. The van der Waals surface area contributed by atoms with Gasteiger partial charge in [-0.2, -0.15) is 0 Å². The van der Waals surface area contributed by atoms with Crippen molar-refractivity contribution in [2.45, 2.75) is 78.9 Å². The summed E-state index contributed by atoms with van der Waals surface area (Å²) in [5.74, 6) is 6.06. The van der Waals surface area contributed by atoms with Crippen LogP contribution in [0.3, 0.4) is 0 Å². The van der Waals surface area contributed by atoms with Crippen molar-refractivity contribution in [3.8, 4) is 0 Å². The van der Waals surface area contributed by atoms with E-state index in [0.29, 0.717) is 6.54 Å². The lowest BCUT2D eigenvalue weighted by Crippen LogP contribution is -2.45. The third-order valence-electron chi connectivity index (χ3n) is 3.59. The van der Waals surface area contributed by atoms with E-state index in [1.54, 1.807) is 5.01 Å². The Morgan fingerprint density at radius 2 is 2.00 bits per heavy atom. The summed E-state index contributed by atoms with van der Waals surface area (Å²) in [5, 5.41) is 4.97. The van der Waals surface area contributed by atoms with E-state index in [1.165, 1.54) is 12.8 Å². The highest BCUT2D eigenvalue weighted by Gasteiger charge is 2.23. The van der Waals surface area contributed by atoms with Crippen molar-refractivity contribution < 1.29 is 4.74 Å². The van der Waals surface area contributed by atoms with Crippen LogP contribution < -0.4 is 16.9 Å². The predicted octanol–water partition coefficient (Wildman–Crippen LogP) is 3.24. The molecule has 5 N–H and O–H groups in total. The van der Waals surface area contributed by atoms with Crippen molar-refractivity contribution in [3.63, 3.8) is 0 Å². The van der Waals surface area contributed by atoms with Crippen molar-refractivity contribution in [1.82, 2.24) is 10.3 Å². The third kappa shape index (κ3) is 12.0. The first-order chi connectivity index (χ1) is 10.7. The Balaban J connectivity index is 4.29. The van der Waals surface area contributed by atoms with Gasteiger partial charge in [0.05, 0.1) is 18.2 Å². The lowest BCUT2D eigenvalue weighted by Gasteiger charge is -2.32. The smallest absolute Gasteiger partial charge is 0.0820 e. The zero-order valence-electron chi connectivity index (χ0n) is 16.0. The molecule has 0 aliphatic rings. The van der Waals surface area contributed by atoms with Crippen LogP contribution in [-0.2, 0) is 4.74 Å². The van der Waals surface area contributed by atoms with Crippen LogP contribution in [0.5, 0.6) is 0 Å². The van der Waals surface area contributed by atoms with E-state index >= 15 is 0 Å². The summed E-state index contributed by atoms with van der Waals surface area (Å²) in [6.07, 6.45) is 8.37. The van der Waals surface area contributed by atoms with Crippen LogP contribution >= 0.6 is 0 Å². The maximum atomic E-state index is 6.10. The first-order valence-electron chi connectivity index (χ1n) is 8.72. The van der Waals surface area contributed by atoms with Gasteiger partial charge in [-0.05, 0) is 47.5 Å². The maximum absolute atomic E-state index is 6.10. The van der Waals surface area contributed by atoms with Crippen molar-refractivity contribution in [3.05, 3.63) is 23.7 Å². The number of allylic oxidation sites excluding steroid dienone is 3. The predicted molar refractivity (Wildman–Crippen MR) is 99.4 cm³/mol. The average molecular weight is 327 g/mol. The second-order valence-electron chi connectivity index (χ2n) is 6.87. The first-order valence-corrected chi connectivity index (χ1v) is 8.72. The molecule has 0 radical (unpaired) electrons. The van der Waals surface area contributed by atoms with E-state index in [4.69, 9.17) is 16.3 Å². The van der Waals surface area contributed by atoms with Crippen LogP contribution in [-0.4, -0.2) is 29.8 Å². The highest BCUT2D eigenvalue weighted by molar-refractivity contribution is 4.96. The Kier molecular flexibility index (Phi) is 10.8. The van der Waals surface area contributed by atoms with Crippen LogP contribution in [0.15, 0.2) is 23.7 Å². The minimum absolute atomic E-state index is 0.0965. The molecule has 0 saturated heterocycles. The number of hydrogen-bond acceptors (Lipinski definition) is 5. The SMILES string of the molecule is CC=C(C)NCC(C)OC(C)(C)CN(N)/C=C(\N)CCCCC. The molecule has 0 rings (SSSR count). The van der Waals surface area contributed by atoms with E-state index in [2.05, 4.69) is 19.2 Å². The standard InChI is InChI=1S/C18H38N4O/c1-7-9-10-11-17(19)13-22(20)14-18(5,6)23-16(4)12-21-15(3)8-2/h8,13,16,21H,7,9-12,14,19-20H2,1-6H3/b15-8?,17-13-. The van der Waals surface area contributed by atoms with E-state index in [-0.39, 0.29) is 11.7 Å². The topological polar surface area (TPSA) is 76.5 Å². The lowest BCUT2D eigenvalue weighted by atomic mass is 10.1. The number of nitrogens with one attached hydrogen (secondary N) is 1. The molecule has 0 aromatic carbocycles. The van der Waals surface area contributed by atoms with Crippen LogP contribution in [0.25, 0.3) is 0 Å². The van der Waals surface area contributed by atoms with Crippen LogP contribution in [0.1, 0.15) is 67.2 Å². The Bertz CT molecular complexity index is 377. The monoisotopic (exact) mass is 326 g/mol. The second kappa shape index (κ2) is 11.4. The maximum Gasteiger partial charge on any atom is 0.0820 e. The Hall–Kier alpha value is -1.20. The third-order valence-corrected chi connectivity index (χ3v) is 3.59. The summed E-state index contributed by atoms with van der Waals surface area (Å²) >= 11 is 0. The van der Waals surface area contributed by atoms with Crippen LogP contribution in [0.2, 0.25) is 0 Å². The molecule has 0 spiro atoms. The summed E-state index contributed by atoms with van der Waals surface area (Å²) in [6, 6.07) is 0. The molecule has 0 aliphatic carbocycles. The summed E-state index contributed by atoms with van der Waals surface area (Å²) in [7, 11) is 0. The molecule has 0 bridgehead atoms. The number of nitrogens with zero attached hydrogens (tertiary/aromatic N) is 1. The van der Waals surface area contributed by atoms with Crippen LogP contribution in [0, 0.1) is 0 Å². The summed E-state index contributed by atoms with van der Waals surface area (Å²) < 4.78 is 6.10. The van der Waals surface area contributed by atoms with Gasteiger partial charge >= 0.3 is 0 Å². The molecule has 0 amide bonds. The van der Waals surface area contributed by atoms with E-state index in [1.807, 2.05) is 40.0 Å². The molecule has 0 saturated carbocycles. The number of nitrogens with two attached hydrogens (primary N) is 2. The number of rotatable bonds is 12. The molecule has 0 heterocycles. The zero-order chi connectivity index (χ0) is 17.9. The van der Waals surface area contributed by atoms with E-state index in [9.17, 15) is 0 Å². The lowest BCUT2D eigenvalue weighted by molar-refractivity contribution is -0.0729. The largest absolute Gasteiger partial charge is 0.401 e. The number of ether oxygens (including phenoxy) is 1. The van der Waals surface area contributed by atoms with Gasteiger partial charge in [0.25, 0.3) is 0 Å². The van der Waals surface area contributed by atoms with Gasteiger partial charge in [-0.15, -0.1) is 0 Å². The summed E-state index contributed by atoms with van der Waals surface area (Å²) in [6.45, 7) is 13.8. The average Bonchev–Trinajstić information content (AvgIpc) is 2.43. The van der Waals surface area contributed by atoms with Crippen LogP contribution in [0.4, 0.5) is 0 Å². The summed E-state index contributed by atoms with van der Waals surface area (Å²) in [5.41, 5.74) is 7.65. The second-order valence-corrected chi connectivity index (χ2v) is 6.87. The minimum Gasteiger partial charge on any atom is -0.401 e. The first kappa shape index (κ1) is 21.8. The van der Waals surface area contributed by atoms with Gasteiger partial charge in [0.2, 0.25) is 0 Å². The molecule has 0 fully saturated rings. The number of unbranched alkanes of at least 4 members (excludes halogenated alkanes) is 2. The van der Waals surface area contributed by atoms with E-state index in [0.717, 1.165) is 30.8 Å². The van der Waals surface area contributed by atoms with Crippen molar-refractivity contribution in [2.24, 2.45) is 11.6 Å². The van der Waals surface area contributed by atoms with Gasteiger partial charge in [0.1, 0.15) is 0 Å². The minimum atomic E-state index is -0.347. The molecule has 1 unspecified atom stereocenters. The van der Waals surface area contributed by atoms with Crippen molar-refractivity contribution >= 4 is 0 Å². The molecular weight excluding hydrogens is 288 g/mol. The number of hydrazine groups is 1. The Morgan fingerprint density at radius 3 is 2.57 bits per heavy atom. The Morgan fingerprint density at radius 1 is 1.35 bits per heavy atom. The summed E-state index contributed by atoms with van der Waals surface area (Å²) in [4.78, 5) is 0. The zero-order valence-corrected chi connectivity index (χ0v) is 16.0. The molecule has 0 aliphatic heterocycles. The molecule has 1 atom stereocenters. The van der Waals surface area contributed by atoms with E-state index < -0.39 is 0 Å². The molecular formula is C18H38N4O. The van der Waals surface area contributed by atoms with Crippen molar-refractivity contribution in [2.75, 3.05) is 13.1 Å². The normalized spacial score (nSPS) is 14.7. The van der Waals surface area contributed by atoms with Gasteiger partial charge in [-0.1, -0.05) is 25.8 Å². The molecule has 136 valence electrons. The molecule has 23 heavy (non-hydrogen) atoms. The van der Waals surface area contributed by atoms with Gasteiger partial charge in [0, 0.05) is 24.1 Å². The highest BCUT2D eigenvalue weighted by atomic mass is 16.5. The fourth-order valence-corrected chi connectivity index (χ4v) is 2.37. The molecule has 0 aromatic heterocycles. The Labute approximate surface area is 143 Å². The quantitative estimate of drug-likeness (QED) is 0.291. The van der Waals surface area contributed by atoms with Crippen molar-refractivity contribution in [1.29, 1.82) is 0 Å². The van der Waals surface area contributed by atoms with Gasteiger partial charge in [-0.25, -0.2) is 5.84 Å². The molecule has 5 nitrogen and oxygen atoms in total. The van der Waals surface area contributed by atoms with Gasteiger partial charge in [0.15, 0.2) is 0 Å². The molecule has 0 aromatic rings. The van der Waals surface area contributed by atoms with Gasteiger partial charge in [-0.3, -0.25) is 0 Å². The van der Waals surface area contributed by atoms with Gasteiger partial charge < -0.3 is 20.8 Å². The highest BCUT2D eigenvalue weighted by Crippen LogP contribution is 2.14. The fourth-order valence-electron chi connectivity index (χ4n) is 2.37.